The Hall–Kier alpha value is -0.510. The molecule has 1 aliphatic heterocycles. The SMILES string of the molecule is CC.CCN1C(=O)CC(SC(C)C)C1=O. The highest BCUT2D eigenvalue weighted by Gasteiger charge is 2.37. The molecule has 1 fully saturated rings. The first-order chi connectivity index (χ1) is 7.06. The lowest BCUT2D eigenvalue weighted by molar-refractivity contribution is -0.137. The van der Waals surface area contributed by atoms with Crippen molar-refractivity contribution in [1.82, 2.24) is 4.90 Å². The van der Waals surface area contributed by atoms with E-state index < -0.39 is 0 Å². The predicted octanol–water partition coefficient (Wildman–Crippen LogP) is 2.30. The van der Waals surface area contributed by atoms with Crippen molar-refractivity contribution in [2.24, 2.45) is 0 Å². The summed E-state index contributed by atoms with van der Waals surface area (Å²) in [6.07, 6.45) is 0.384. The van der Waals surface area contributed by atoms with Gasteiger partial charge in [0.05, 0.1) is 5.25 Å². The van der Waals surface area contributed by atoms with E-state index in [2.05, 4.69) is 0 Å². The first-order valence-electron chi connectivity index (χ1n) is 5.56. The molecule has 0 aromatic heterocycles. The van der Waals surface area contributed by atoms with Crippen LogP contribution in [0.25, 0.3) is 0 Å². The number of carbonyl (C=O) groups is 2. The molecule has 0 saturated carbocycles. The minimum Gasteiger partial charge on any atom is -0.282 e. The molecule has 0 spiro atoms. The number of imide groups is 1. The van der Waals surface area contributed by atoms with Crippen LogP contribution in [-0.4, -0.2) is 33.8 Å². The van der Waals surface area contributed by atoms with Gasteiger partial charge >= 0.3 is 0 Å². The standard InChI is InChI=1S/C9H15NO2S.C2H6/c1-4-10-8(11)5-7(9(10)12)13-6(2)3;1-2/h6-7H,4-5H2,1-3H3;1-2H3. The molecule has 4 heteroatoms. The number of hydrogen-bond donors (Lipinski definition) is 0. The molecule has 1 heterocycles. The predicted molar refractivity (Wildman–Crippen MR) is 64.9 cm³/mol. The molecule has 1 saturated heterocycles. The number of hydrogen-bond acceptors (Lipinski definition) is 3. The van der Waals surface area contributed by atoms with Crippen molar-refractivity contribution in [3.8, 4) is 0 Å². The summed E-state index contributed by atoms with van der Waals surface area (Å²) in [5, 5.41) is 0.269. The first kappa shape index (κ1) is 14.5. The Morgan fingerprint density at radius 1 is 1.40 bits per heavy atom. The number of nitrogens with zero attached hydrogens (tertiary/aromatic N) is 1. The van der Waals surface area contributed by atoms with E-state index in [0.717, 1.165) is 0 Å². The van der Waals surface area contributed by atoms with E-state index >= 15 is 0 Å². The van der Waals surface area contributed by atoms with Crippen LogP contribution >= 0.6 is 11.8 Å². The summed E-state index contributed by atoms with van der Waals surface area (Å²) in [4.78, 5) is 24.2. The van der Waals surface area contributed by atoms with E-state index in [1.165, 1.54) is 4.90 Å². The van der Waals surface area contributed by atoms with E-state index in [-0.39, 0.29) is 17.1 Å². The van der Waals surface area contributed by atoms with Crippen molar-refractivity contribution < 1.29 is 9.59 Å². The van der Waals surface area contributed by atoms with E-state index in [9.17, 15) is 9.59 Å². The fourth-order valence-corrected chi connectivity index (χ4v) is 2.56. The molecule has 2 amide bonds. The Morgan fingerprint density at radius 3 is 2.27 bits per heavy atom. The molecule has 0 bridgehead atoms. The normalized spacial score (nSPS) is 20.7. The Balaban J connectivity index is 0.000000921. The van der Waals surface area contributed by atoms with Gasteiger partial charge in [-0.05, 0) is 12.2 Å². The van der Waals surface area contributed by atoms with Crippen molar-refractivity contribution in [2.45, 2.75) is 51.5 Å². The number of likely N-dealkylation sites (tertiary alicyclic amines) is 1. The summed E-state index contributed by atoms with van der Waals surface area (Å²) < 4.78 is 0. The van der Waals surface area contributed by atoms with E-state index in [1.807, 2.05) is 34.6 Å². The molecule has 0 radical (unpaired) electrons. The van der Waals surface area contributed by atoms with Crippen LogP contribution < -0.4 is 0 Å². The Labute approximate surface area is 96.6 Å². The third-order valence-corrected chi connectivity index (χ3v) is 3.20. The molecule has 1 atom stereocenters. The number of thioether (sulfide) groups is 1. The summed E-state index contributed by atoms with van der Waals surface area (Å²) in [7, 11) is 0. The molecule has 0 aromatic rings. The topological polar surface area (TPSA) is 37.4 Å². The van der Waals surface area contributed by atoms with Gasteiger partial charge in [-0.2, -0.15) is 0 Å². The monoisotopic (exact) mass is 231 g/mol. The summed E-state index contributed by atoms with van der Waals surface area (Å²) in [6.45, 7) is 10.4. The molecule has 88 valence electrons. The second kappa shape index (κ2) is 6.88. The molecular weight excluding hydrogens is 210 g/mol. The minimum absolute atomic E-state index is 0.00815. The minimum atomic E-state index is -0.132. The molecule has 1 aliphatic rings. The molecule has 15 heavy (non-hydrogen) atoms. The smallest absolute Gasteiger partial charge is 0.242 e. The van der Waals surface area contributed by atoms with Crippen molar-refractivity contribution in [3.63, 3.8) is 0 Å². The van der Waals surface area contributed by atoms with Crippen LogP contribution in [0.5, 0.6) is 0 Å². The second-order valence-electron chi connectivity index (χ2n) is 3.35. The van der Waals surface area contributed by atoms with Crippen molar-refractivity contribution >= 4 is 23.6 Å². The number of carbonyl (C=O) groups excluding carboxylic acids is 2. The summed E-state index contributed by atoms with van der Waals surface area (Å²) in [5.74, 6) is -0.0307. The Bertz CT molecular complexity index is 229. The highest BCUT2D eigenvalue weighted by molar-refractivity contribution is 8.01. The van der Waals surface area contributed by atoms with E-state index in [1.54, 1.807) is 11.8 Å². The average Bonchev–Trinajstić information content (AvgIpc) is 2.44. The Kier molecular flexibility index (Phi) is 6.65. The van der Waals surface area contributed by atoms with Crippen LogP contribution in [-0.2, 0) is 9.59 Å². The number of amides is 2. The molecule has 0 aliphatic carbocycles. The highest BCUT2D eigenvalue weighted by atomic mass is 32.2. The van der Waals surface area contributed by atoms with Gasteiger partial charge in [0.2, 0.25) is 11.8 Å². The summed E-state index contributed by atoms with van der Waals surface area (Å²) >= 11 is 1.58. The van der Waals surface area contributed by atoms with Crippen molar-refractivity contribution in [2.75, 3.05) is 6.54 Å². The van der Waals surface area contributed by atoms with Crippen LogP contribution in [0.2, 0.25) is 0 Å². The summed E-state index contributed by atoms with van der Waals surface area (Å²) in [6, 6.07) is 0. The van der Waals surface area contributed by atoms with Gasteiger partial charge in [0.15, 0.2) is 0 Å². The van der Waals surface area contributed by atoms with Gasteiger partial charge in [-0.15, -0.1) is 11.8 Å². The fraction of sp³-hybridized carbons (Fsp3) is 0.818. The maximum Gasteiger partial charge on any atom is 0.242 e. The molecule has 3 nitrogen and oxygen atoms in total. The van der Waals surface area contributed by atoms with Crippen LogP contribution in [0, 0.1) is 0 Å². The van der Waals surface area contributed by atoms with Crippen LogP contribution in [0.4, 0.5) is 0 Å². The molecule has 0 aromatic carbocycles. The van der Waals surface area contributed by atoms with Crippen LogP contribution in [0.3, 0.4) is 0 Å². The lowest BCUT2D eigenvalue weighted by Gasteiger charge is -2.12. The zero-order chi connectivity index (χ0) is 12.0. The summed E-state index contributed by atoms with van der Waals surface area (Å²) in [5.41, 5.74) is 0. The average molecular weight is 231 g/mol. The quantitative estimate of drug-likeness (QED) is 0.699. The van der Waals surface area contributed by atoms with Gasteiger partial charge in [-0.3, -0.25) is 14.5 Å². The zero-order valence-corrected chi connectivity index (χ0v) is 11.1. The molecule has 1 unspecified atom stereocenters. The largest absolute Gasteiger partial charge is 0.282 e. The van der Waals surface area contributed by atoms with Crippen molar-refractivity contribution in [3.05, 3.63) is 0 Å². The maximum atomic E-state index is 11.6. The maximum absolute atomic E-state index is 11.6. The van der Waals surface area contributed by atoms with Gasteiger partial charge in [0.1, 0.15) is 0 Å². The molecule has 0 N–H and O–H groups in total. The van der Waals surface area contributed by atoms with Gasteiger partial charge in [-0.1, -0.05) is 27.7 Å². The molecule has 1 rings (SSSR count). The highest BCUT2D eigenvalue weighted by Crippen LogP contribution is 2.27. The van der Waals surface area contributed by atoms with Crippen LogP contribution in [0.15, 0.2) is 0 Å². The van der Waals surface area contributed by atoms with Gasteiger partial charge < -0.3 is 0 Å². The van der Waals surface area contributed by atoms with Crippen LogP contribution in [0.1, 0.15) is 41.0 Å². The third kappa shape index (κ3) is 3.86. The zero-order valence-electron chi connectivity index (χ0n) is 10.2. The van der Waals surface area contributed by atoms with Gasteiger partial charge in [0, 0.05) is 13.0 Å². The van der Waals surface area contributed by atoms with Gasteiger partial charge in [0.25, 0.3) is 0 Å². The number of rotatable bonds is 3. The van der Waals surface area contributed by atoms with E-state index in [4.69, 9.17) is 0 Å². The van der Waals surface area contributed by atoms with Gasteiger partial charge in [-0.25, -0.2) is 0 Å². The third-order valence-electron chi connectivity index (χ3n) is 1.96. The lowest BCUT2D eigenvalue weighted by Crippen LogP contribution is -2.31. The first-order valence-corrected chi connectivity index (χ1v) is 6.50. The van der Waals surface area contributed by atoms with E-state index in [0.29, 0.717) is 18.2 Å². The second-order valence-corrected chi connectivity index (χ2v) is 5.14. The van der Waals surface area contributed by atoms with Crippen molar-refractivity contribution in [1.29, 1.82) is 0 Å². The fourth-order valence-electron chi connectivity index (χ4n) is 1.42. The Morgan fingerprint density at radius 2 is 1.93 bits per heavy atom. The lowest BCUT2D eigenvalue weighted by atomic mass is 10.4. The molecular formula is C11H21NO2S.